The molecular weight excluding hydrogens is 367 g/mol. The largest absolute Gasteiger partial charge is 0.497 e. The van der Waals surface area contributed by atoms with Crippen LogP contribution in [0.2, 0.25) is 0 Å². The number of hydrogen-bond donors (Lipinski definition) is 1. The van der Waals surface area contributed by atoms with Crippen molar-refractivity contribution in [2.45, 2.75) is 18.3 Å². The minimum Gasteiger partial charge on any atom is -0.497 e. The summed E-state index contributed by atoms with van der Waals surface area (Å²) in [5, 5.41) is 10.1. The zero-order valence-corrected chi connectivity index (χ0v) is 15.6. The van der Waals surface area contributed by atoms with Crippen LogP contribution in [0.15, 0.2) is 59.9 Å². The van der Waals surface area contributed by atoms with Gasteiger partial charge in [0.2, 0.25) is 0 Å². The van der Waals surface area contributed by atoms with Crippen molar-refractivity contribution in [3.05, 3.63) is 77.4 Å². The third-order valence-electron chi connectivity index (χ3n) is 4.09. The van der Waals surface area contributed by atoms with E-state index in [0.29, 0.717) is 27.7 Å². The highest BCUT2D eigenvalue weighted by atomic mass is 32.2. The zero-order valence-electron chi connectivity index (χ0n) is 14.8. The molecule has 0 unspecified atom stereocenters. The van der Waals surface area contributed by atoms with Crippen molar-refractivity contribution < 1.29 is 19.0 Å². The summed E-state index contributed by atoms with van der Waals surface area (Å²) in [6.07, 6.45) is 1.54. The summed E-state index contributed by atoms with van der Waals surface area (Å²) in [6.45, 7) is 0.0239. The zero-order chi connectivity index (χ0) is 19.2. The van der Waals surface area contributed by atoms with E-state index in [1.807, 2.05) is 0 Å². The normalized spacial score (nSPS) is 10.8. The Morgan fingerprint density at radius 1 is 1.22 bits per heavy atom. The Bertz CT molecular complexity index is 925. The number of aromatic nitrogens is 2. The van der Waals surface area contributed by atoms with E-state index >= 15 is 0 Å². The highest BCUT2D eigenvalue weighted by Crippen LogP contribution is 2.23. The Kier molecular flexibility index (Phi) is 6.26. The Labute approximate surface area is 160 Å². The van der Waals surface area contributed by atoms with E-state index < -0.39 is 0 Å². The van der Waals surface area contributed by atoms with E-state index in [0.717, 1.165) is 0 Å². The number of nitrogens with zero attached hydrogens (tertiary/aromatic N) is 2. The molecule has 0 aliphatic carbocycles. The van der Waals surface area contributed by atoms with Gasteiger partial charge < -0.3 is 14.4 Å². The Balaban J connectivity index is 1.74. The first-order valence-electron chi connectivity index (χ1n) is 8.31. The van der Waals surface area contributed by atoms with Gasteiger partial charge in [0.25, 0.3) is 0 Å². The summed E-state index contributed by atoms with van der Waals surface area (Å²) in [6, 6.07) is 13.4. The lowest BCUT2D eigenvalue weighted by molar-refractivity contribution is 0.102. The van der Waals surface area contributed by atoms with E-state index in [1.54, 1.807) is 60.3 Å². The Hall–Kier alpha value is -2.64. The molecule has 3 rings (SSSR count). The summed E-state index contributed by atoms with van der Waals surface area (Å²) in [4.78, 5) is 16.7. The van der Waals surface area contributed by atoms with E-state index in [4.69, 9.17) is 4.74 Å². The second-order valence-corrected chi connectivity index (χ2v) is 6.75. The summed E-state index contributed by atoms with van der Waals surface area (Å²) in [5.74, 6) is 0.507. The standard InChI is InChI=1S/C20H19FN2O3S/c1-26-17-8-6-14(7-9-17)19(25)13-27-20-22-10-16(12-24)23(20)11-15-4-2-3-5-18(15)21/h2-10,24H,11-13H2,1H3. The van der Waals surface area contributed by atoms with Gasteiger partial charge in [-0.3, -0.25) is 4.79 Å². The average molecular weight is 386 g/mol. The second-order valence-electron chi connectivity index (χ2n) is 5.81. The Morgan fingerprint density at radius 3 is 2.63 bits per heavy atom. The summed E-state index contributed by atoms with van der Waals surface area (Å²) >= 11 is 1.26. The van der Waals surface area contributed by atoms with Crippen LogP contribution in [0, 0.1) is 5.82 Å². The first kappa shape index (κ1) is 19.1. The molecule has 0 bridgehead atoms. The van der Waals surface area contributed by atoms with Crippen molar-refractivity contribution in [1.82, 2.24) is 9.55 Å². The predicted molar refractivity (Wildman–Crippen MR) is 102 cm³/mol. The number of aliphatic hydroxyl groups excluding tert-OH is 1. The van der Waals surface area contributed by atoms with Crippen LogP contribution in [-0.4, -0.2) is 33.3 Å². The quantitative estimate of drug-likeness (QED) is 0.474. The van der Waals surface area contributed by atoms with E-state index in [9.17, 15) is 14.3 Å². The van der Waals surface area contributed by atoms with Crippen molar-refractivity contribution in [3.63, 3.8) is 0 Å². The van der Waals surface area contributed by atoms with E-state index in [1.165, 1.54) is 17.8 Å². The molecule has 1 N–H and O–H groups in total. The third-order valence-corrected chi connectivity index (χ3v) is 5.08. The summed E-state index contributed by atoms with van der Waals surface area (Å²) in [7, 11) is 1.57. The van der Waals surface area contributed by atoms with Crippen LogP contribution >= 0.6 is 11.8 Å². The first-order valence-corrected chi connectivity index (χ1v) is 9.29. The van der Waals surface area contributed by atoms with Crippen molar-refractivity contribution in [1.29, 1.82) is 0 Å². The number of thioether (sulfide) groups is 1. The van der Waals surface area contributed by atoms with Gasteiger partial charge in [-0.1, -0.05) is 30.0 Å². The van der Waals surface area contributed by atoms with Crippen LogP contribution in [0.1, 0.15) is 21.6 Å². The molecular formula is C20H19FN2O3S. The maximum absolute atomic E-state index is 14.0. The summed E-state index contributed by atoms with van der Waals surface area (Å²) in [5.41, 5.74) is 1.64. The first-order chi connectivity index (χ1) is 13.1. The molecule has 3 aromatic rings. The van der Waals surface area contributed by atoms with Gasteiger partial charge in [-0.05, 0) is 30.3 Å². The van der Waals surface area contributed by atoms with Crippen molar-refractivity contribution in [2.24, 2.45) is 0 Å². The number of rotatable bonds is 8. The number of halogens is 1. The number of ether oxygens (including phenoxy) is 1. The van der Waals surface area contributed by atoms with Crippen molar-refractivity contribution in [3.8, 4) is 5.75 Å². The van der Waals surface area contributed by atoms with E-state index in [-0.39, 0.29) is 30.5 Å². The third kappa shape index (κ3) is 4.56. The molecule has 2 aromatic carbocycles. The van der Waals surface area contributed by atoms with Gasteiger partial charge in [-0.15, -0.1) is 0 Å². The highest BCUT2D eigenvalue weighted by molar-refractivity contribution is 7.99. The number of methoxy groups -OCH3 is 1. The number of carbonyl (C=O) groups is 1. The average Bonchev–Trinajstić information content (AvgIpc) is 3.09. The molecule has 1 heterocycles. The van der Waals surface area contributed by atoms with Crippen molar-refractivity contribution in [2.75, 3.05) is 12.9 Å². The molecule has 140 valence electrons. The SMILES string of the molecule is COc1ccc(C(=O)CSc2ncc(CO)n2Cc2ccccc2F)cc1. The smallest absolute Gasteiger partial charge is 0.173 e. The lowest BCUT2D eigenvalue weighted by atomic mass is 10.1. The lowest BCUT2D eigenvalue weighted by Crippen LogP contribution is -2.09. The molecule has 0 aliphatic rings. The maximum atomic E-state index is 14.0. The van der Waals surface area contributed by atoms with Gasteiger partial charge in [0.15, 0.2) is 10.9 Å². The molecule has 0 spiro atoms. The van der Waals surface area contributed by atoms with Crippen LogP contribution in [0.5, 0.6) is 5.75 Å². The number of carbonyl (C=O) groups excluding carboxylic acids is 1. The highest BCUT2D eigenvalue weighted by Gasteiger charge is 2.15. The lowest BCUT2D eigenvalue weighted by Gasteiger charge is -2.11. The molecule has 5 nitrogen and oxygen atoms in total. The van der Waals surface area contributed by atoms with Gasteiger partial charge >= 0.3 is 0 Å². The monoisotopic (exact) mass is 386 g/mol. The molecule has 27 heavy (non-hydrogen) atoms. The van der Waals surface area contributed by atoms with Gasteiger partial charge in [0.1, 0.15) is 11.6 Å². The van der Waals surface area contributed by atoms with Gasteiger partial charge in [-0.25, -0.2) is 9.37 Å². The maximum Gasteiger partial charge on any atom is 0.173 e. The number of imidazole rings is 1. The fraction of sp³-hybridized carbons (Fsp3) is 0.200. The fourth-order valence-corrected chi connectivity index (χ4v) is 3.48. The van der Waals surface area contributed by atoms with Gasteiger partial charge in [0, 0.05) is 11.1 Å². The molecule has 0 amide bonds. The number of benzene rings is 2. The number of aliphatic hydroxyl groups is 1. The Morgan fingerprint density at radius 2 is 1.96 bits per heavy atom. The van der Waals surface area contributed by atoms with Crippen molar-refractivity contribution >= 4 is 17.5 Å². The molecule has 0 radical (unpaired) electrons. The molecule has 0 saturated heterocycles. The number of ketones is 1. The van der Waals surface area contributed by atoms with Gasteiger partial charge in [-0.2, -0.15) is 0 Å². The van der Waals surface area contributed by atoms with Crippen LogP contribution in [0.4, 0.5) is 4.39 Å². The minimum absolute atomic E-state index is 0.0476. The van der Waals surface area contributed by atoms with Crippen LogP contribution in [0.25, 0.3) is 0 Å². The molecule has 0 aliphatic heterocycles. The molecule has 0 fully saturated rings. The molecule has 7 heteroatoms. The van der Waals surface area contributed by atoms with Gasteiger partial charge in [0.05, 0.1) is 37.9 Å². The molecule has 0 saturated carbocycles. The fourth-order valence-electron chi connectivity index (χ4n) is 2.59. The minimum atomic E-state index is -0.319. The summed E-state index contributed by atoms with van der Waals surface area (Å²) < 4.78 is 20.8. The van der Waals surface area contributed by atoms with Crippen LogP contribution < -0.4 is 4.74 Å². The van der Waals surface area contributed by atoms with Crippen LogP contribution in [-0.2, 0) is 13.2 Å². The van der Waals surface area contributed by atoms with Crippen LogP contribution in [0.3, 0.4) is 0 Å². The number of Topliss-reactive ketones (excluding diaryl/α,β-unsaturated/α-hetero) is 1. The number of hydrogen-bond acceptors (Lipinski definition) is 5. The topological polar surface area (TPSA) is 64.3 Å². The predicted octanol–water partition coefficient (Wildman–Crippen LogP) is 3.55. The van der Waals surface area contributed by atoms with E-state index in [2.05, 4.69) is 4.98 Å². The molecule has 0 atom stereocenters. The molecule has 1 aromatic heterocycles. The second kappa shape index (κ2) is 8.83.